The minimum atomic E-state index is -0.417. The number of carbonyl (C=O) groups excluding carboxylic acids is 1. The van der Waals surface area contributed by atoms with Gasteiger partial charge in [-0.1, -0.05) is 24.2 Å². The van der Waals surface area contributed by atoms with E-state index in [4.69, 9.17) is 16.3 Å². The Labute approximate surface area is 158 Å². The van der Waals surface area contributed by atoms with Crippen LogP contribution in [-0.2, 0) is 4.79 Å². The zero-order valence-corrected chi connectivity index (χ0v) is 15.0. The van der Waals surface area contributed by atoms with Crippen molar-refractivity contribution in [2.24, 2.45) is 0 Å². The van der Waals surface area contributed by atoms with Crippen molar-refractivity contribution in [3.05, 3.63) is 52.4 Å². The van der Waals surface area contributed by atoms with Crippen LogP contribution in [0.4, 0.5) is 0 Å². The fourth-order valence-corrected chi connectivity index (χ4v) is 3.27. The molecule has 8 nitrogen and oxygen atoms in total. The Balaban J connectivity index is 1.72. The van der Waals surface area contributed by atoms with E-state index in [0.717, 1.165) is 10.8 Å². The van der Waals surface area contributed by atoms with Crippen LogP contribution in [-0.4, -0.2) is 50.2 Å². The molecular weight excluding hydrogens is 370 g/mol. The van der Waals surface area contributed by atoms with Crippen LogP contribution in [0.5, 0.6) is 5.88 Å². The largest absolute Gasteiger partial charge is 0.472 e. The lowest BCUT2D eigenvalue weighted by atomic mass is 10.1. The van der Waals surface area contributed by atoms with Crippen molar-refractivity contribution in [1.82, 2.24) is 25.1 Å². The molecule has 9 heteroatoms. The molecule has 0 bridgehead atoms. The number of aromatic amines is 2. The summed E-state index contributed by atoms with van der Waals surface area (Å²) in [7, 11) is 0. The van der Waals surface area contributed by atoms with Gasteiger partial charge < -0.3 is 9.64 Å². The number of carbonyl (C=O) groups is 1. The van der Waals surface area contributed by atoms with E-state index >= 15 is 0 Å². The van der Waals surface area contributed by atoms with Crippen LogP contribution in [0.1, 0.15) is 6.42 Å². The van der Waals surface area contributed by atoms with Gasteiger partial charge in [-0.25, -0.2) is 14.9 Å². The summed E-state index contributed by atoms with van der Waals surface area (Å²) in [5.74, 6) is 0.577. The molecule has 1 atom stereocenters. The molecule has 0 unspecified atom stereocenters. The van der Waals surface area contributed by atoms with E-state index in [-0.39, 0.29) is 12.0 Å². The number of nitrogens with zero attached hydrogens (tertiary/aromatic N) is 3. The van der Waals surface area contributed by atoms with Gasteiger partial charge in [0.05, 0.1) is 6.54 Å². The Morgan fingerprint density at radius 3 is 3.00 bits per heavy atom. The number of rotatable bonds is 4. The first-order valence-corrected chi connectivity index (χ1v) is 8.74. The molecule has 3 aromatic rings. The minimum absolute atomic E-state index is 0.121. The normalized spacial score (nSPS) is 16.6. The molecule has 27 heavy (non-hydrogen) atoms. The molecule has 1 aliphatic heterocycles. The second kappa shape index (κ2) is 6.88. The van der Waals surface area contributed by atoms with Crippen LogP contribution in [0.2, 0.25) is 5.02 Å². The maximum atomic E-state index is 11.8. The van der Waals surface area contributed by atoms with Crippen LogP contribution in [0.15, 0.2) is 41.7 Å². The van der Waals surface area contributed by atoms with E-state index in [2.05, 4.69) is 26.7 Å². The van der Waals surface area contributed by atoms with Crippen molar-refractivity contribution in [2.75, 3.05) is 13.1 Å². The molecule has 1 aliphatic rings. The number of likely N-dealkylation sites (tertiary alicyclic amines) is 1. The quantitative estimate of drug-likeness (QED) is 0.669. The standard InChI is InChI=1S/C18H16ClN5O3/c1-2-15(25)24-6-5-12(9-24)27-17-13-8-11(19)4-3-10(13)7-14(20-17)16-21-18(26)23-22-16/h2-4,7-8,12H,1,5-6,9H2,(H2,21,22,23,26)/t12-/m0/s1. The van der Waals surface area contributed by atoms with Crippen molar-refractivity contribution < 1.29 is 9.53 Å². The molecule has 0 aliphatic carbocycles. The average Bonchev–Trinajstić information content (AvgIpc) is 3.30. The summed E-state index contributed by atoms with van der Waals surface area (Å²) in [6.45, 7) is 4.57. The number of aromatic nitrogens is 4. The van der Waals surface area contributed by atoms with Crippen LogP contribution >= 0.6 is 11.6 Å². The van der Waals surface area contributed by atoms with Gasteiger partial charge in [-0.2, -0.15) is 5.10 Å². The molecular formula is C18H16ClN5O3. The number of pyridine rings is 1. The van der Waals surface area contributed by atoms with Crippen molar-refractivity contribution in [1.29, 1.82) is 0 Å². The van der Waals surface area contributed by atoms with Crippen LogP contribution in [0.25, 0.3) is 22.3 Å². The van der Waals surface area contributed by atoms with Crippen molar-refractivity contribution in [3.63, 3.8) is 0 Å². The molecule has 0 saturated carbocycles. The summed E-state index contributed by atoms with van der Waals surface area (Å²) in [5, 5.41) is 8.41. The predicted molar refractivity (Wildman–Crippen MR) is 101 cm³/mol. The maximum Gasteiger partial charge on any atom is 0.340 e. The molecule has 0 radical (unpaired) electrons. The summed E-state index contributed by atoms with van der Waals surface area (Å²) in [4.78, 5) is 31.9. The third-order valence-corrected chi connectivity index (χ3v) is 4.65. The van der Waals surface area contributed by atoms with E-state index in [1.165, 1.54) is 6.08 Å². The Morgan fingerprint density at radius 2 is 2.26 bits per heavy atom. The highest BCUT2D eigenvalue weighted by atomic mass is 35.5. The molecule has 138 valence electrons. The Bertz CT molecular complexity index is 1090. The average molecular weight is 386 g/mol. The smallest absolute Gasteiger partial charge is 0.340 e. The summed E-state index contributed by atoms with van der Waals surface area (Å²) in [5.41, 5.74) is 0.0510. The van der Waals surface area contributed by atoms with E-state index < -0.39 is 5.69 Å². The number of hydrogen-bond donors (Lipinski definition) is 2. The summed E-state index contributed by atoms with van der Waals surface area (Å²) >= 11 is 6.14. The highest BCUT2D eigenvalue weighted by Crippen LogP contribution is 2.31. The van der Waals surface area contributed by atoms with Crippen LogP contribution < -0.4 is 10.4 Å². The Morgan fingerprint density at radius 1 is 1.41 bits per heavy atom. The fourth-order valence-electron chi connectivity index (χ4n) is 3.10. The van der Waals surface area contributed by atoms with Gasteiger partial charge in [-0.15, -0.1) is 0 Å². The Kier molecular flexibility index (Phi) is 4.41. The zero-order chi connectivity index (χ0) is 19.0. The van der Waals surface area contributed by atoms with E-state index in [0.29, 0.717) is 41.9 Å². The second-order valence-electron chi connectivity index (χ2n) is 6.22. The summed E-state index contributed by atoms with van der Waals surface area (Å²) < 4.78 is 6.11. The predicted octanol–water partition coefficient (Wildman–Crippen LogP) is 2.13. The van der Waals surface area contributed by atoms with Crippen molar-refractivity contribution in [2.45, 2.75) is 12.5 Å². The van der Waals surface area contributed by atoms with Gasteiger partial charge in [0.15, 0.2) is 5.82 Å². The number of amides is 1. The second-order valence-corrected chi connectivity index (χ2v) is 6.66. The Hall–Kier alpha value is -3.13. The highest BCUT2D eigenvalue weighted by Gasteiger charge is 2.27. The number of H-pyrrole nitrogens is 2. The number of nitrogens with one attached hydrogen (secondary N) is 2. The lowest BCUT2D eigenvalue weighted by Crippen LogP contribution is -2.29. The van der Waals surface area contributed by atoms with Gasteiger partial charge in [-0.05, 0) is 29.7 Å². The molecule has 2 aromatic heterocycles. The number of ether oxygens (including phenoxy) is 1. The maximum absolute atomic E-state index is 11.8. The van der Waals surface area contributed by atoms with Gasteiger partial charge >= 0.3 is 5.69 Å². The molecule has 1 amide bonds. The monoisotopic (exact) mass is 385 g/mol. The fraction of sp³-hybridized carbons (Fsp3) is 0.222. The molecule has 1 aromatic carbocycles. The third-order valence-electron chi connectivity index (χ3n) is 4.41. The molecule has 0 spiro atoms. The van der Waals surface area contributed by atoms with Gasteiger partial charge in [0.25, 0.3) is 0 Å². The van der Waals surface area contributed by atoms with E-state index in [1.807, 2.05) is 6.07 Å². The molecule has 1 saturated heterocycles. The van der Waals surface area contributed by atoms with Gasteiger partial charge in [-0.3, -0.25) is 9.78 Å². The molecule has 3 heterocycles. The summed E-state index contributed by atoms with van der Waals surface area (Å²) in [6, 6.07) is 7.19. The van der Waals surface area contributed by atoms with Crippen LogP contribution in [0, 0.1) is 0 Å². The molecule has 2 N–H and O–H groups in total. The molecule has 1 fully saturated rings. The zero-order valence-electron chi connectivity index (χ0n) is 14.2. The van der Waals surface area contributed by atoms with E-state index in [9.17, 15) is 9.59 Å². The number of fused-ring (bicyclic) bond motifs is 1. The summed E-state index contributed by atoms with van der Waals surface area (Å²) in [6.07, 6.45) is 1.79. The first-order valence-electron chi connectivity index (χ1n) is 8.37. The third kappa shape index (κ3) is 3.43. The lowest BCUT2D eigenvalue weighted by Gasteiger charge is -2.17. The minimum Gasteiger partial charge on any atom is -0.472 e. The SMILES string of the molecule is C=CC(=O)N1CC[C@H](Oc2nc(-c3n[nH]c(=O)[nH]3)cc3ccc(Cl)cc23)C1. The number of benzene rings is 1. The lowest BCUT2D eigenvalue weighted by molar-refractivity contribution is -0.125. The highest BCUT2D eigenvalue weighted by molar-refractivity contribution is 6.31. The van der Waals surface area contributed by atoms with Crippen molar-refractivity contribution >= 4 is 28.3 Å². The number of hydrogen-bond acceptors (Lipinski definition) is 5. The molecule has 4 rings (SSSR count). The first-order chi connectivity index (χ1) is 13.0. The van der Waals surface area contributed by atoms with Gasteiger partial charge in [0.1, 0.15) is 11.8 Å². The van der Waals surface area contributed by atoms with Gasteiger partial charge in [0, 0.05) is 23.4 Å². The van der Waals surface area contributed by atoms with Crippen molar-refractivity contribution in [3.8, 4) is 17.4 Å². The van der Waals surface area contributed by atoms with Gasteiger partial charge in [0.2, 0.25) is 11.8 Å². The number of halogens is 1. The van der Waals surface area contributed by atoms with E-state index in [1.54, 1.807) is 23.1 Å². The topological polar surface area (TPSA) is 104 Å². The first kappa shape index (κ1) is 17.3. The van der Waals surface area contributed by atoms with Crippen LogP contribution in [0.3, 0.4) is 0 Å².